The van der Waals surface area contributed by atoms with Crippen molar-refractivity contribution in [2.45, 2.75) is 6.92 Å². The molecule has 0 saturated heterocycles. The van der Waals surface area contributed by atoms with E-state index in [9.17, 15) is 9.18 Å². The van der Waals surface area contributed by atoms with Gasteiger partial charge in [0.25, 0.3) is 0 Å². The van der Waals surface area contributed by atoms with Gasteiger partial charge in [0.15, 0.2) is 0 Å². The Morgan fingerprint density at radius 2 is 1.95 bits per heavy atom. The van der Waals surface area contributed by atoms with Gasteiger partial charge in [-0.1, -0.05) is 24.3 Å². The van der Waals surface area contributed by atoms with E-state index in [2.05, 4.69) is 10.6 Å². The van der Waals surface area contributed by atoms with Gasteiger partial charge in [-0.3, -0.25) is 4.79 Å². The molecular formula is C16H17FN2O2. The molecule has 21 heavy (non-hydrogen) atoms. The minimum absolute atomic E-state index is 0.0280. The van der Waals surface area contributed by atoms with Crippen molar-refractivity contribution >= 4 is 17.3 Å². The number of amides is 1. The normalized spacial score (nSPS) is 10.0. The standard InChI is InChI=1S/C16H17FN2O2/c1-11-6-5-7-12(17)16(11)18-10-15(20)19-13-8-3-4-9-14(13)21-2/h3-9,18H,10H2,1-2H3,(H,19,20). The van der Waals surface area contributed by atoms with Crippen molar-refractivity contribution < 1.29 is 13.9 Å². The van der Waals surface area contributed by atoms with E-state index >= 15 is 0 Å². The maximum atomic E-state index is 13.6. The summed E-state index contributed by atoms with van der Waals surface area (Å²) in [5.74, 6) is -0.0739. The Kier molecular flexibility index (Phi) is 4.77. The van der Waals surface area contributed by atoms with Crippen molar-refractivity contribution in [1.29, 1.82) is 0 Å². The fraction of sp³-hybridized carbons (Fsp3) is 0.188. The number of halogens is 1. The molecule has 0 unspecified atom stereocenters. The zero-order chi connectivity index (χ0) is 15.2. The molecule has 0 aromatic heterocycles. The number of para-hydroxylation sites is 3. The molecule has 0 radical (unpaired) electrons. The van der Waals surface area contributed by atoms with Crippen LogP contribution in [0.3, 0.4) is 0 Å². The van der Waals surface area contributed by atoms with Gasteiger partial charge in [0, 0.05) is 0 Å². The number of hydrogen-bond donors (Lipinski definition) is 2. The average Bonchev–Trinajstić information content (AvgIpc) is 2.47. The Bertz CT molecular complexity index is 624. The Hall–Kier alpha value is -2.56. The number of methoxy groups -OCH3 is 1. The maximum Gasteiger partial charge on any atom is 0.243 e. The van der Waals surface area contributed by atoms with Crippen molar-refractivity contribution in [2.75, 3.05) is 24.3 Å². The van der Waals surface area contributed by atoms with Crippen molar-refractivity contribution in [2.24, 2.45) is 0 Å². The number of carbonyl (C=O) groups excluding carboxylic acids is 1. The van der Waals surface area contributed by atoms with Crippen molar-refractivity contribution in [3.8, 4) is 5.75 Å². The largest absolute Gasteiger partial charge is 0.495 e. The first-order valence-corrected chi connectivity index (χ1v) is 6.53. The summed E-state index contributed by atoms with van der Waals surface area (Å²) < 4.78 is 18.8. The molecule has 0 aliphatic rings. The molecule has 5 heteroatoms. The van der Waals surface area contributed by atoms with Crippen molar-refractivity contribution in [3.63, 3.8) is 0 Å². The summed E-state index contributed by atoms with van der Waals surface area (Å²) in [5.41, 5.74) is 1.67. The van der Waals surface area contributed by atoms with E-state index in [1.54, 1.807) is 37.3 Å². The maximum absolute atomic E-state index is 13.6. The van der Waals surface area contributed by atoms with Gasteiger partial charge in [0.05, 0.1) is 25.0 Å². The first kappa shape index (κ1) is 14.8. The lowest BCUT2D eigenvalue weighted by Gasteiger charge is -2.12. The number of benzene rings is 2. The highest BCUT2D eigenvalue weighted by Gasteiger charge is 2.09. The van der Waals surface area contributed by atoms with Crippen LogP contribution in [0.2, 0.25) is 0 Å². The highest BCUT2D eigenvalue weighted by Crippen LogP contribution is 2.23. The van der Waals surface area contributed by atoms with Crippen LogP contribution in [-0.2, 0) is 4.79 Å². The van der Waals surface area contributed by atoms with Gasteiger partial charge < -0.3 is 15.4 Å². The third-order valence-electron chi connectivity index (χ3n) is 3.03. The van der Waals surface area contributed by atoms with Crippen LogP contribution in [0.15, 0.2) is 42.5 Å². The SMILES string of the molecule is COc1ccccc1NC(=O)CNc1c(C)cccc1F. The monoisotopic (exact) mass is 288 g/mol. The highest BCUT2D eigenvalue weighted by atomic mass is 19.1. The molecule has 0 aliphatic heterocycles. The van der Waals surface area contributed by atoms with Crippen LogP contribution in [0.25, 0.3) is 0 Å². The van der Waals surface area contributed by atoms with Gasteiger partial charge in [0.2, 0.25) is 5.91 Å². The first-order valence-electron chi connectivity index (χ1n) is 6.53. The number of ether oxygens (including phenoxy) is 1. The molecule has 0 heterocycles. The van der Waals surface area contributed by atoms with Gasteiger partial charge >= 0.3 is 0 Å². The molecule has 110 valence electrons. The second kappa shape index (κ2) is 6.74. The van der Waals surface area contributed by atoms with Gasteiger partial charge in [-0.2, -0.15) is 0 Å². The number of carbonyl (C=O) groups is 1. The number of anilines is 2. The van der Waals surface area contributed by atoms with Gasteiger partial charge in [-0.15, -0.1) is 0 Å². The second-order valence-corrected chi connectivity index (χ2v) is 4.53. The van der Waals surface area contributed by atoms with Crippen molar-refractivity contribution in [1.82, 2.24) is 0 Å². The van der Waals surface area contributed by atoms with Crippen molar-refractivity contribution in [3.05, 3.63) is 53.8 Å². The molecule has 1 amide bonds. The smallest absolute Gasteiger partial charge is 0.243 e. The van der Waals surface area contributed by atoms with Gasteiger partial charge in [-0.25, -0.2) is 4.39 Å². The molecule has 2 rings (SSSR count). The molecule has 0 saturated carbocycles. The van der Waals surface area contributed by atoms with Crippen LogP contribution in [-0.4, -0.2) is 19.6 Å². The minimum atomic E-state index is -0.375. The fourth-order valence-electron chi connectivity index (χ4n) is 1.97. The zero-order valence-corrected chi connectivity index (χ0v) is 11.9. The first-order chi connectivity index (χ1) is 10.1. The number of nitrogens with one attached hydrogen (secondary N) is 2. The summed E-state index contributed by atoms with van der Waals surface area (Å²) in [5, 5.41) is 5.53. The third-order valence-corrected chi connectivity index (χ3v) is 3.03. The van der Waals surface area contributed by atoms with E-state index in [0.717, 1.165) is 5.56 Å². The predicted octanol–water partition coefficient (Wildman–Crippen LogP) is 3.19. The summed E-state index contributed by atoms with van der Waals surface area (Å²) in [7, 11) is 1.53. The Morgan fingerprint density at radius 3 is 2.67 bits per heavy atom. The highest BCUT2D eigenvalue weighted by molar-refractivity contribution is 5.95. The van der Waals surface area contributed by atoms with E-state index in [4.69, 9.17) is 4.74 Å². The number of aryl methyl sites for hydroxylation is 1. The number of hydrogen-bond acceptors (Lipinski definition) is 3. The molecule has 4 nitrogen and oxygen atoms in total. The van der Waals surface area contributed by atoms with Crippen LogP contribution in [0.4, 0.5) is 15.8 Å². The lowest BCUT2D eigenvalue weighted by atomic mass is 10.2. The van der Waals surface area contributed by atoms with Gasteiger partial charge in [0.1, 0.15) is 11.6 Å². The van der Waals surface area contributed by atoms with Crippen LogP contribution < -0.4 is 15.4 Å². The summed E-state index contributed by atoms with van der Waals surface area (Å²) >= 11 is 0. The lowest BCUT2D eigenvalue weighted by Crippen LogP contribution is -2.22. The van der Waals surface area contributed by atoms with E-state index < -0.39 is 0 Å². The quantitative estimate of drug-likeness (QED) is 0.888. The fourth-order valence-corrected chi connectivity index (χ4v) is 1.97. The summed E-state index contributed by atoms with van der Waals surface area (Å²) in [6.07, 6.45) is 0. The molecule has 0 spiro atoms. The van der Waals surface area contributed by atoms with E-state index in [1.165, 1.54) is 13.2 Å². The topological polar surface area (TPSA) is 50.4 Å². The Morgan fingerprint density at radius 1 is 1.19 bits per heavy atom. The van der Waals surface area contributed by atoms with Crippen LogP contribution in [0, 0.1) is 12.7 Å². The summed E-state index contributed by atoms with van der Waals surface area (Å²) in [6, 6.07) is 11.9. The summed E-state index contributed by atoms with van der Waals surface area (Å²) in [6.45, 7) is 1.75. The van der Waals surface area contributed by atoms with Crippen LogP contribution in [0.1, 0.15) is 5.56 Å². The molecular weight excluding hydrogens is 271 g/mol. The molecule has 2 N–H and O–H groups in total. The van der Waals surface area contributed by atoms with E-state index in [0.29, 0.717) is 17.1 Å². The second-order valence-electron chi connectivity index (χ2n) is 4.53. The molecule has 0 bridgehead atoms. The minimum Gasteiger partial charge on any atom is -0.495 e. The molecule has 0 fully saturated rings. The van der Waals surface area contributed by atoms with Crippen LogP contribution >= 0.6 is 0 Å². The van der Waals surface area contributed by atoms with Crippen LogP contribution in [0.5, 0.6) is 5.75 Å². The molecule has 0 atom stereocenters. The van der Waals surface area contributed by atoms with Gasteiger partial charge in [-0.05, 0) is 30.7 Å². The molecule has 0 aliphatic carbocycles. The van der Waals surface area contributed by atoms with E-state index in [1.807, 2.05) is 6.07 Å². The Labute approximate surface area is 122 Å². The molecule has 2 aromatic rings. The van der Waals surface area contributed by atoms with E-state index in [-0.39, 0.29) is 18.3 Å². The average molecular weight is 288 g/mol. The Balaban J connectivity index is 1.99. The molecule has 2 aromatic carbocycles. The lowest BCUT2D eigenvalue weighted by molar-refractivity contribution is -0.114. The predicted molar refractivity (Wildman–Crippen MR) is 81.3 cm³/mol. The summed E-state index contributed by atoms with van der Waals surface area (Å²) in [4.78, 5) is 11.9. The number of rotatable bonds is 5. The zero-order valence-electron chi connectivity index (χ0n) is 11.9. The third kappa shape index (κ3) is 3.72.